The van der Waals surface area contributed by atoms with E-state index in [2.05, 4.69) is 4.98 Å². The molecule has 0 N–H and O–H groups in total. The molecule has 16 heavy (non-hydrogen) atoms. The topological polar surface area (TPSA) is 56.0 Å². The predicted octanol–water partition coefficient (Wildman–Crippen LogP) is 3.27. The maximum absolute atomic E-state index is 11.1. The van der Waals surface area contributed by atoms with Crippen LogP contribution in [0.25, 0.3) is 10.9 Å². The van der Waals surface area contributed by atoms with E-state index in [-0.39, 0.29) is 16.5 Å². The molecule has 0 fully saturated rings. The lowest BCUT2D eigenvalue weighted by Gasteiger charge is -2.08. The summed E-state index contributed by atoms with van der Waals surface area (Å²) in [5, 5.41) is 11.7. The Labute approximate surface area is 93.1 Å². The van der Waals surface area contributed by atoms with Crippen molar-refractivity contribution in [1.82, 2.24) is 4.98 Å². The van der Waals surface area contributed by atoms with Gasteiger partial charge in [0.2, 0.25) is 0 Å². The van der Waals surface area contributed by atoms with Crippen LogP contribution in [0.15, 0.2) is 30.5 Å². The average Bonchev–Trinajstić information content (AvgIpc) is 2.27. The lowest BCUT2D eigenvalue weighted by molar-refractivity contribution is -0.383. The summed E-state index contributed by atoms with van der Waals surface area (Å²) >= 11 is 0. The molecular weight excluding hydrogens is 204 g/mol. The summed E-state index contributed by atoms with van der Waals surface area (Å²) in [6, 6.07) is 7.08. The molecule has 1 heterocycles. The lowest BCUT2D eigenvalue weighted by atomic mass is 9.98. The summed E-state index contributed by atoms with van der Waals surface area (Å²) in [4.78, 5) is 14.9. The van der Waals surface area contributed by atoms with E-state index in [0.29, 0.717) is 10.9 Å². The van der Waals surface area contributed by atoms with Crippen LogP contribution in [0.4, 0.5) is 5.69 Å². The minimum atomic E-state index is -0.320. The Bertz CT molecular complexity index is 550. The fourth-order valence-electron chi connectivity index (χ4n) is 1.82. The van der Waals surface area contributed by atoms with Crippen LogP contribution in [-0.4, -0.2) is 9.91 Å². The number of fused-ring (bicyclic) bond motifs is 1. The minimum Gasteiger partial charge on any atom is -0.258 e. The normalized spacial score (nSPS) is 10.9. The van der Waals surface area contributed by atoms with Gasteiger partial charge in [-0.2, -0.15) is 0 Å². The zero-order valence-electron chi connectivity index (χ0n) is 9.18. The highest BCUT2D eigenvalue weighted by molar-refractivity contribution is 5.89. The van der Waals surface area contributed by atoms with Crippen molar-refractivity contribution in [2.75, 3.05) is 0 Å². The summed E-state index contributed by atoms with van der Waals surface area (Å²) in [7, 11) is 0. The van der Waals surface area contributed by atoms with E-state index in [1.54, 1.807) is 24.4 Å². The molecule has 1 aromatic heterocycles. The summed E-state index contributed by atoms with van der Waals surface area (Å²) in [5.41, 5.74) is 1.60. The zero-order valence-corrected chi connectivity index (χ0v) is 9.18. The van der Waals surface area contributed by atoms with Crippen LogP contribution in [0.5, 0.6) is 0 Å². The van der Waals surface area contributed by atoms with E-state index in [1.165, 1.54) is 0 Å². The third-order valence-electron chi connectivity index (χ3n) is 2.59. The Balaban J connectivity index is 2.84. The first-order valence-electron chi connectivity index (χ1n) is 5.13. The molecule has 0 spiro atoms. The molecule has 4 heteroatoms. The largest absolute Gasteiger partial charge is 0.282 e. The average molecular weight is 216 g/mol. The number of nitro benzene ring substituents is 1. The molecule has 4 nitrogen and oxygen atoms in total. The maximum atomic E-state index is 11.1. The Morgan fingerprint density at radius 3 is 2.69 bits per heavy atom. The van der Waals surface area contributed by atoms with Crippen molar-refractivity contribution < 1.29 is 4.92 Å². The molecule has 0 aliphatic carbocycles. The van der Waals surface area contributed by atoms with Crippen LogP contribution in [-0.2, 0) is 0 Å². The summed E-state index contributed by atoms with van der Waals surface area (Å²) in [5.74, 6) is 0.130. The Morgan fingerprint density at radius 1 is 1.31 bits per heavy atom. The number of hydrogen-bond acceptors (Lipinski definition) is 3. The van der Waals surface area contributed by atoms with Crippen molar-refractivity contribution in [1.29, 1.82) is 0 Å². The van der Waals surface area contributed by atoms with Crippen LogP contribution in [0.1, 0.15) is 25.3 Å². The number of nitrogens with zero attached hydrogens (tertiary/aromatic N) is 2. The summed E-state index contributed by atoms with van der Waals surface area (Å²) < 4.78 is 0. The van der Waals surface area contributed by atoms with E-state index in [4.69, 9.17) is 0 Å². The first-order valence-corrected chi connectivity index (χ1v) is 5.13. The maximum Gasteiger partial charge on any atom is 0.282 e. The van der Waals surface area contributed by atoms with Gasteiger partial charge in [-0.15, -0.1) is 0 Å². The molecule has 0 saturated carbocycles. The van der Waals surface area contributed by atoms with E-state index in [1.807, 2.05) is 19.9 Å². The number of pyridine rings is 1. The second-order valence-corrected chi connectivity index (χ2v) is 3.99. The second kappa shape index (κ2) is 3.89. The molecule has 2 rings (SSSR count). The molecule has 0 bridgehead atoms. The molecule has 2 aromatic rings. The summed E-state index contributed by atoms with van der Waals surface area (Å²) in [6.07, 6.45) is 1.64. The molecule has 0 amide bonds. The smallest absolute Gasteiger partial charge is 0.258 e. The molecule has 82 valence electrons. The number of benzene rings is 1. The van der Waals surface area contributed by atoms with Crippen molar-refractivity contribution in [2.24, 2.45) is 0 Å². The van der Waals surface area contributed by atoms with Gasteiger partial charge in [-0.05, 0) is 30.2 Å². The van der Waals surface area contributed by atoms with Crippen molar-refractivity contribution in [3.63, 3.8) is 0 Å². The first-order chi connectivity index (χ1) is 7.61. The molecular formula is C12H12N2O2. The highest BCUT2D eigenvalue weighted by Gasteiger charge is 2.20. The first kappa shape index (κ1) is 10.5. The molecule has 0 unspecified atom stereocenters. The van der Waals surface area contributed by atoms with Gasteiger partial charge in [-0.1, -0.05) is 13.8 Å². The third kappa shape index (κ3) is 1.62. The predicted molar refractivity (Wildman–Crippen MR) is 62.5 cm³/mol. The quantitative estimate of drug-likeness (QED) is 0.571. The fourth-order valence-corrected chi connectivity index (χ4v) is 1.82. The van der Waals surface area contributed by atoms with E-state index < -0.39 is 0 Å². The SMILES string of the molecule is CC(C)c1ccc2ncccc2c1[N+](=O)[O-]. The van der Waals surface area contributed by atoms with Crippen molar-refractivity contribution in [3.8, 4) is 0 Å². The van der Waals surface area contributed by atoms with E-state index in [0.717, 1.165) is 5.56 Å². The van der Waals surface area contributed by atoms with Crippen molar-refractivity contribution in [3.05, 3.63) is 46.1 Å². The molecule has 0 aliphatic heterocycles. The number of aromatic nitrogens is 1. The van der Waals surface area contributed by atoms with Crippen molar-refractivity contribution >= 4 is 16.6 Å². The Hall–Kier alpha value is -1.97. The van der Waals surface area contributed by atoms with Gasteiger partial charge in [0.05, 0.1) is 15.8 Å². The van der Waals surface area contributed by atoms with Crippen LogP contribution in [0.2, 0.25) is 0 Å². The lowest BCUT2D eigenvalue weighted by Crippen LogP contribution is -1.98. The highest BCUT2D eigenvalue weighted by atomic mass is 16.6. The van der Waals surface area contributed by atoms with Gasteiger partial charge in [0.25, 0.3) is 5.69 Å². The van der Waals surface area contributed by atoms with Gasteiger partial charge in [0.1, 0.15) is 0 Å². The molecule has 0 atom stereocenters. The Kier molecular flexibility index (Phi) is 2.56. The van der Waals surface area contributed by atoms with Gasteiger partial charge in [0.15, 0.2) is 0 Å². The van der Waals surface area contributed by atoms with E-state index >= 15 is 0 Å². The number of hydrogen-bond donors (Lipinski definition) is 0. The highest BCUT2D eigenvalue weighted by Crippen LogP contribution is 2.32. The minimum absolute atomic E-state index is 0.130. The molecule has 1 aromatic carbocycles. The van der Waals surface area contributed by atoms with Gasteiger partial charge in [0, 0.05) is 11.8 Å². The molecule has 0 radical (unpaired) electrons. The summed E-state index contributed by atoms with van der Waals surface area (Å²) in [6.45, 7) is 3.90. The Morgan fingerprint density at radius 2 is 2.06 bits per heavy atom. The van der Waals surface area contributed by atoms with Crippen LogP contribution in [0.3, 0.4) is 0 Å². The third-order valence-corrected chi connectivity index (χ3v) is 2.59. The monoisotopic (exact) mass is 216 g/mol. The number of nitro groups is 1. The molecule has 0 saturated heterocycles. The fraction of sp³-hybridized carbons (Fsp3) is 0.250. The van der Waals surface area contributed by atoms with Gasteiger partial charge >= 0.3 is 0 Å². The second-order valence-electron chi connectivity index (χ2n) is 3.99. The van der Waals surface area contributed by atoms with Gasteiger partial charge in [-0.3, -0.25) is 15.1 Å². The van der Waals surface area contributed by atoms with Crippen molar-refractivity contribution in [2.45, 2.75) is 19.8 Å². The van der Waals surface area contributed by atoms with Gasteiger partial charge in [-0.25, -0.2) is 0 Å². The zero-order chi connectivity index (χ0) is 11.7. The van der Waals surface area contributed by atoms with Crippen LogP contribution >= 0.6 is 0 Å². The molecule has 0 aliphatic rings. The standard InChI is InChI=1S/C12H12N2O2/c1-8(2)9-5-6-11-10(4-3-7-13-11)12(9)14(15)16/h3-8H,1-2H3. The van der Waals surface area contributed by atoms with Crippen LogP contribution < -0.4 is 0 Å². The van der Waals surface area contributed by atoms with Gasteiger partial charge < -0.3 is 0 Å². The van der Waals surface area contributed by atoms with Crippen LogP contribution in [0, 0.1) is 10.1 Å². The number of rotatable bonds is 2. The van der Waals surface area contributed by atoms with E-state index in [9.17, 15) is 10.1 Å².